The topological polar surface area (TPSA) is 61.6 Å². The second-order valence-electron chi connectivity index (χ2n) is 8.01. The van der Waals surface area contributed by atoms with Gasteiger partial charge in [0.2, 0.25) is 0 Å². The molecular weight excluding hydrogens is 390 g/mol. The summed E-state index contributed by atoms with van der Waals surface area (Å²) in [5, 5.41) is 13.5. The van der Waals surface area contributed by atoms with E-state index in [-0.39, 0.29) is 10.6 Å². The third-order valence-corrected chi connectivity index (χ3v) is 5.95. The second kappa shape index (κ2) is 7.58. The van der Waals surface area contributed by atoms with Gasteiger partial charge in [-0.2, -0.15) is 0 Å². The van der Waals surface area contributed by atoms with Gasteiger partial charge < -0.3 is 9.47 Å². The first-order valence-electron chi connectivity index (χ1n) is 10.7. The molecule has 0 saturated carbocycles. The molecule has 1 unspecified atom stereocenters. The lowest BCUT2D eigenvalue weighted by Crippen LogP contribution is -2.45. The molecule has 0 radical (unpaired) electrons. The lowest BCUT2D eigenvalue weighted by molar-refractivity contribution is -0.384. The lowest BCUT2D eigenvalue weighted by Gasteiger charge is -2.39. The van der Waals surface area contributed by atoms with Crippen molar-refractivity contribution in [3.05, 3.63) is 87.5 Å². The van der Waals surface area contributed by atoms with Crippen molar-refractivity contribution in [2.45, 2.75) is 38.4 Å². The monoisotopic (exact) mass is 413 g/mol. The number of hydrogen-bond acceptors (Lipinski definition) is 4. The zero-order valence-electron chi connectivity index (χ0n) is 17.3. The van der Waals surface area contributed by atoms with Crippen LogP contribution in [0.25, 0.3) is 22.9 Å². The predicted octanol–water partition coefficient (Wildman–Crippen LogP) is 6.91. The van der Waals surface area contributed by atoms with Crippen LogP contribution in [0.5, 0.6) is 11.5 Å². The van der Waals surface area contributed by atoms with Crippen molar-refractivity contribution < 1.29 is 14.4 Å². The fourth-order valence-corrected chi connectivity index (χ4v) is 4.34. The summed E-state index contributed by atoms with van der Waals surface area (Å²) in [5.41, 5.74) is 2.78. The fourth-order valence-electron chi connectivity index (χ4n) is 4.34. The van der Waals surface area contributed by atoms with E-state index in [0.29, 0.717) is 11.3 Å². The zero-order valence-corrected chi connectivity index (χ0v) is 17.3. The van der Waals surface area contributed by atoms with Crippen LogP contribution in [0.2, 0.25) is 0 Å². The number of hydrogen-bond donors (Lipinski definition) is 0. The quantitative estimate of drug-likeness (QED) is 0.259. The van der Waals surface area contributed by atoms with E-state index in [9.17, 15) is 10.1 Å². The van der Waals surface area contributed by atoms with Crippen LogP contribution in [0.15, 0.2) is 66.2 Å². The number of non-ortho nitro benzene ring substituents is 1. The third kappa shape index (κ3) is 3.36. The fraction of sp³-hybridized carbons (Fsp3) is 0.231. The minimum Gasteiger partial charge on any atom is -0.444 e. The summed E-state index contributed by atoms with van der Waals surface area (Å²) in [4.78, 5) is 10.8. The first kappa shape index (κ1) is 19.4. The minimum atomic E-state index is -1.04. The highest BCUT2D eigenvalue weighted by Gasteiger charge is 2.42. The van der Waals surface area contributed by atoms with Crippen molar-refractivity contribution >= 4 is 28.6 Å². The molecule has 0 bridgehead atoms. The maximum Gasteiger partial charge on any atom is 0.294 e. The standard InChI is InChI=1S/C26H23NO4/c1-2-3-4-8-20-16-19-17-21(27(28)29)11-13-24(19)30-26(20)15-14-23-22-9-6-5-7-18(22)10-12-25(23)31-26/h5-7,9-17H,2-4,8H2,1H3. The van der Waals surface area contributed by atoms with Crippen LogP contribution in [0.1, 0.15) is 43.7 Å². The molecule has 0 N–H and O–H groups in total. The highest BCUT2D eigenvalue weighted by molar-refractivity contribution is 5.94. The molecule has 0 saturated heterocycles. The Balaban J connectivity index is 1.59. The van der Waals surface area contributed by atoms with E-state index >= 15 is 0 Å². The van der Waals surface area contributed by atoms with E-state index in [0.717, 1.165) is 53.3 Å². The summed E-state index contributed by atoms with van der Waals surface area (Å²) in [5.74, 6) is 0.318. The average Bonchev–Trinajstić information content (AvgIpc) is 2.79. The second-order valence-corrected chi connectivity index (χ2v) is 8.01. The molecule has 0 aromatic heterocycles. The molecule has 2 heterocycles. The normalized spacial score (nSPS) is 18.7. The molecule has 2 aliphatic rings. The summed E-state index contributed by atoms with van der Waals surface area (Å²) >= 11 is 0. The van der Waals surface area contributed by atoms with E-state index < -0.39 is 5.79 Å². The molecule has 1 spiro atoms. The smallest absolute Gasteiger partial charge is 0.294 e. The number of ether oxygens (including phenoxy) is 2. The molecule has 5 heteroatoms. The lowest BCUT2D eigenvalue weighted by atomic mass is 9.90. The molecule has 5 rings (SSSR count). The molecule has 3 aromatic carbocycles. The summed E-state index contributed by atoms with van der Waals surface area (Å²) < 4.78 is 12.9. The van der Waals surface area contributed by atoms with Gasteiger partial charge in [0.1, 0.15) is 11.5 Å². The highest BCUT2D eigenvalue weighted by Crippen LogP contribution is 2.45. The third-order valence-electron chi connectivity index (χ3n) is 5.95. The molecule has 31 heavy (non-hydrogen) atoms. The van der Waals surface area contributed by atoms with Gasteiger partial charge >= 0.3 is 0 Å². The highest BCUT2D eigenvalue weighted by atomic mass is 16.7. The summed E-state index contributed by atoms with van der Waals surface area (Å²) in [6, 6.07) is 17.0. The molecule has 1 atom stereocenters. The van der Waals surface area contributed by atoms with E-state index in [1.165, 1.54) is 6.07 Å². The van der Waals surface area contributed by atoms with Gasteiger partial charge in [0.05, 0.1) is 4.92 Å². The van der Waals surface area contributed by atoms with Crippen molar-refractivity contribution in [2.24, 2.45) is 0 Å². The first-order valence-corrected chi connectivity index (χ1v) is 10.7. The van der Waals surface area contributed by atoms with Gasteiger partial charge in [0.25, 0.3) is 11.5 Å². The summed E-state index contributed by atoms with van der Waals surface area (Å²) in [6.45, 7) is 2.17. The van der Waals surface area contributed by atoms with Gasteiger partial charge in [-0.05, 0) is 47.9 Å². The van der Waals surface area contributed by atoms with Gasteiger partial charge in [0.15, 0.2) is 0 Å². The maximum absolute atomic E-state index is 11.2. The van der Waals surface area contributed by atoms with Gasteiger partial charge in [-0.25, -0.2) is 0 Å². The van der Waals surface area contributed by atoms with Gasteiger partial charge in [-0.3, -0.25) is 10.1 Å². The average molecular weight is 413 g/mol. The Hall–Kier alpha value is -3.60. The van der Waals surface area contributed by atoms with Crippen molar-refractivity contribution in [2.75, 3.05) is 0 Å². The number of nitro benzene ring substituents is 1. The summed E-state index contributed by atoms with van der Waals surface area (Å²) in [7, 11) is 0. The number of nitrogens with zero attached hydrogens (tertiary/aromatic N) is 1. The Morgan fingerprint density at radius 2 is 1.81 bits per heavy atom. The van der Waals surface area contributed by atoms with Crippen LogP contribution in [0.3, 0.4) is 0 Å². The Morgan fingerprint density at radius 3 is 2.65 bits per heavy atom. The van der Waals surface area contributed by atoms with Crippen molar-refractivity contribution in [1.29, 1.82) is 0 Å². The molecule has 5 nitrogen and oxygen atoms in total. The molecule has 3 aromatic rings. The number of unbranched alkanes of at least 4 members (excludes halogenated alkanes) is 2. The molecule has 156 valence electrons. The van der Waals surface area contributed by atoms with Gasteiger partial charge in [0, 0.05) is 34.9 Å². The van der Waals surface area contributed by atoms with Crippen molar-refractivity contribution in [1.82, 2.24) is 0 Å². The maximum atomic E-state index is 11.2. The van der Waals surface area contributed by atoms with Crippen molar-refractivity contribution in [3.63, 3.8) is 0 Å². The zero-order chi connectivity index (χ0) is 21.4. The van der Waals surface area contributed by atoms with Crippen LogP contribution in [-0.4, -0.2) is 10.7 Å². The summed E-state index contributed by atoms with van der Waals surface area (Å²) in [6.07, 6.45) is 10.0. The molecule has 0 amide bonds. The molecule has 0 fully saturated rings. The Kier molecular flexibility index (Phi) is 4.74. The van der Waals surface area contributed by atoms with Gasteiger partial charge in [-0.1, -0.05) is 50.1 Å². The van der Waals surface area contributed by atoms with Crippen LogP contribution in [0.4, 0.5) is 5.69 Å². The van der Waals surface area contributed by atoms with E-state index in [1.807, 2.05) is 30.4 Å². The van der Waals surface area contributed by atoms with Crippen LogP contribution in [-0.2, 0) is 0 Å². The molecule has 2 aliphatic heterocycles. The Bertz CT molecular complexity index is 1240. The van der Waals surface area contributed by atoms with E-state index in [2.05, 4.69) is 31.2 Å². The predicted molar refractivity (Wildman–Crippen MR) is 122 cm³/mol. The largest absolute Gasteiger partial charge is 0.444 e. The van der Waals surface area contributed by atoms with Gasteiger partial charge in [-0.15, -0.1) is 0 Å². The van der Waals surface area contributed by atoms with Crippen LogP contribution >= 0.6 is 0 Å². The molecular formula is C26H23NO4. The SMILES string of the molecule is CCCCCC1=Cc2cc([N+](=O)[O-])ccc2OC12C=Cc1c(ccc3ccccc13)O2. The van der Waals surface area contributed by atoms with Crippen LogP contribution < -0.4 is 9.47 Å². The first-order chi connectivity index (χ1) is 15.1. The van der Waals surface area contributed by atoms with Crippen molar-refractivity contribution in [3.8, 4) is 11.5 Å². The Labute approximate surface area is 180 Å². The van der Waals surface area contributed by atoms with Crippen LogP contribution in [0, 0.1) is 10.1 Å². The number of nitro groups is 1. The van der Waals surface area contributed by atoms with E-state index in [1.54, 1.807) is 12.1 Å². The number of benzene rings is 3. The number of fused-ring (bicyclic) bond motifs is 4. The number of rotatable bonds is 5. The minimum absolute atomic E-state index is 0.0550. The Morgan fingerprint density at radius 1 is 1.00 bits per heavy atom. The van der Waals surface area contributed by atoms with E-state index in [4.69, 9.17) is 9.47 Å². The molecule has 0 aliphatic carbocycles.